The van der Waals surface area contributed by atoms with E-state index in [0.29, 0.717) is 17.0 Å². The Bertz CT molecular complexity index is 1210. The number of nitrogens with one attached hydrogen (secondary N) is 2. The zero-order valence-electron chi connectivity index (χ0n) is 13.2. The summed E-state index contributed by atoms with van der Waals surface area (Å²) in [5.74, 6) is -2.54. The van der Waals surface area contributed by atoms with Gasteiger partial charge < -0.3 is 4.98 Å². The minimum Gasteiger partial charge on any atom is -0.359 e. The highest BCUT2D eigenvalue weighted by Gasteiger charge is 2.20. The summed E-state index contributed by atoms with van der Waals surface area (Å²) in [4.78, 5) is 7.06. The molecule has 0 aliphatic rings. The molecule has 0 spiro atoms. The maximum Gasteiger partial charge on any atom is 0.184 e. The molecule has 4 rings (SSSR count). The van der Waals surface area contributed by atoms with Crippen LogP contribution in [0.4, 0.5) is 8.78 Å². The van der Waals surface area contributed by atoms with Crippen LogP contribution in [-0.2, 0) is 15.6 Å². The number of fused-ring (bicyclic) bond motifs is 1. The Morgan fingerprint density at radius 3 is 2.73 bits per heavy atom. The minimum atomic E-state index is -3.74. The zero-order chi connectivity index (χ0) is 18.3. The Morgan fingerprint density at radius 2 is 1.92 bits per heavy atom. The molecule has 6 nitrogen and oxygen atoms in total. The molecule has 4 aromatic rings. The molecule has 0 radical (unpaired) electrons. The second kappa shape index (κ2) is 6.03. The van der Waals surface area contributed by atoms with Gasteiger partial charge in [-0.05, 0) is 35.9 Å². The average molecular weight is 374 g/mol. The summed E-state index contributed by atoms with van der Waals surface area (Å²) in [5, 5.41) is 7.65. The van der Waals surface area contributed by atoms with Crippen LogP contribution in [-0.4, -0.2) is 28.6 Å². The number of nitrogens with zero attached hydrogens (tertiary/aromatic N) is 2. The van der Waals surface area contributed by atoms with Crippen molar-refractivity contribution in [3.05, 3.63) is 66.0 Å². The largest absolute Gasteiger partial charge is 0.359 e. The summed E-state index contributed by atoms with van der Waals surface area (Å²) in [5.41, 5.74) is 1.83. The first-order chi connectivity index (χ1) is 12.4. The molecule has 26 heavy (non-hydrogen) atoms. The Kier molecular flexibility index (Phi) is 3.80. The van der Waals surface area contributed by atoms with Crippen molar-refractivity contribution in [3.63, 3.8) is 0 Å². The Morgan fingerprint density at radius 1 is 1.08 bits per heavy atom. The topological polar surface area (TPSA) is 91.5 Å². The smallest absolute Gasteiger partial charge is 0.184 e. The van der Waals surface area contributed by atoms with Crippen molar-refractivity contribution in [1.29, 1.82) is 0 Å². The van der Waals surface area contributed by atoms with Gasteiger partial charge in [0.05, 0.1) is 22.0 Å². The van der Waals surface area contributed by atoms with Crippen molar-refractivity contribution in [2.75, 3.05) is 0 Å². The molecular formula is C17H12F2N4O2S. The highest BCUT2D eigenvalue weighted by Crippen LogP contribution is 2.27. The lowest BCUT2D eigenvalue weighted by molar-refractivity contribution is 0.507. The Balaban J connectivity index is 1.67. The van der Waals surface area contributed by atoms with Crippen molar-refractivity contribution in [2.45, 2.75) is 10.6 Å². The van der Waals surface area contributed by atoms with Crippen LogP contribution in [0.3, 0.4) is 0 Å². The quantitative estimate of drug-likeness (QED) is 0.574. The number of aromatic amines is 2. The number of sulfone groups is 1. The lowest BCUT2D eigenvalue weighted by atomic mass is 10.2. The summed E-state index contributed by atoms with van der Waals surface area (Å²) in [6.45, 7) is 0. The van der Waals surface area contributed by atoms with Crippen molar-refractivity contribution in [3.8, 4) is 11.4 Å². The van der Waals surface area contributed by atoms with Crippen LogP contribution in [0, 0.1) is 11.6 Å². The molecule has 3 aromatic heterocycles. The summed E-state index contributed by atoms with van der Waals surface area (Å²) in [7, 11) is -3.74. The molecule has 0 atom stereocenters. The lowest BCUT2D eigenvalue weighted by Gasteiger charge is -2.03. The van der Waals surface area contributed by atoms with Crippen LogP contribution < -0.4 is 0 Å². The molecule has 0 aliphatic carbocycles. The molecule has 9 heteroatoms. The van der Waals surface area contributed by atoms with E-state index in [2.05, 4.69) is 20.2 Å². The van der Waals surface area contributed by atoms with Crippen LogP contribution in [0.15, 0.2) is 53.7 Å². The number of halogens is 2. The van der Waals surface area contributed by atoms with Crippen molar-refractivity contribution < 1.29 is 17.2 Å². The van der Waals surface area contributed by atoms with Gasteiger partial charge in [0.1, 0.15) is 0 Å². The number of rotatable bonds is 4. The number of H-pyrrole nitrogens is 2. The van der Waals surface area contributed by atoms with Crippen LogP contribution in [0.2, 0.25) is 0 Å². The molecule has 0 unspecified atom stereocenters. The van der Waals surface area contributed by atoms with Gasteiger partial charge in [0, 0.05) is 17.8 Å². The second-order valence-corrected chi connectivity index (χ2v) is 7.72. The summed E-state index contributed by atoms with van der Waals surface area (Å²) in [6, 6.07) is 8.08. The van der Waals surface area contributed by atoms with Gasteiger partial charge in [-0.1, -0.05) is 6.07 Å². The van der Waals surface area contributed by atoms with Gasteiger partial charge >= 0.3 is 0 Å². The molecule has 0 saturated heterocycles. The van der Waals surface area contributed by atoms with E-state index < -0.39 is 27.2 Å². The van der Waals surface area contributed by atoms with Crippen LogP contribution in [0.5, 0.6) is 0 Å². The van der Waals surface area contributed by atoms with E-state index in [4.69, 9.17) is 0 Å². The first-order valence-electron chi connectivity index (χ1n) is 7.58. The van der Waals surface area contributed by atoms with Gasteiger partial charge in [-0.2, -0.15) is 5.10 Å². The molecule has 3 heterocycles. The molecule has 0 fully saturated rings. The minimum absolute atomic E-state index is 0.0453. The van der Waals surface area contributed by atoms with Gasteiger partial charge in [-0.15, -0.1) is 0 Å². The van der Waals surface area contributed by atoms with E-state index in [0.717, 1.165) is 17.5 Å². The van der Waals surface area contributed by atoms with Gasteiger partial charge in [-0.3, -0.25) is 5.10 Å². The molecule has 132 valence electrons. The molecule has 1 aromatic carbocycles. The van der Waals surface area contributed by atoms with E-state index in [1.807, 2.05) is 6.07 Å². The molecule has 0 aliphatic heterocycles. The number of benzene rings is 1. The van der Waals surface area contributed by atoms with Crippen LogP contribution >= 0.6 is 0 Å². The third-order valence-corrected chi connectivity index (χ3v) is 5.62. The zero-order valence-corrected chi connectivity index (χ0v) is 14.0. The second-order valence-electron chi connectivity index (χ2n) is 5.73. The monoisotopic (exact) mass is 374 g/mol. The molecule has 0 amide bonds. The summed E-state index contributed by atoms with van der Waals surface area (Å²) >= 11 is 0. The fourth-order valence-corrected chi connectivity index (χ4v) is 4.01. The first-order valence-corrected chi connectivity index (χ1v) is 9.24. The molecule has 2 N–H and O–H groups in total. The Labute approximate surface area is 146 Å². The lowest BCUT2D eigenvalue weighted by Crippen LogP contribution is -2.04. The molecular weight excluding hydrogens is 362 g/mol. The van der Waals surface area contributed by atoms with Gasteiger partial charge in [0.15, 0.2) is 27.1 Å². The van der Waals surface area contributed by atoms with E-state index >= 15 is 0 Å². The fourth-order valence-electron chi connectivity index (χ4n) is 2.69. The summed E-state index contributed by atoms with van der Waals surface area (Å²) in [6.07, 6.45) is 2.97. The number of pyridine rings is 1. The van der Waals surface area contributed by atoms with Crippen LogP contribution in [0.25, 0.3) is 22.4 Å². The third kappa shape index (κ3) is 2.86. The van der Waals surface area contributed by atoms with E-state index in [1.54, 1.807) is 12.3 Å². The van der Waals surface area contributed by atoms with Crippen LogP contribution in [0.1, 0.15) is 5.56 Å². The predicted octanol–water partition coefficient (Wildman–Crippen LogP) is 3.21. The maximum absolute atomic E-state index is 13.3. The average Bonchev–Trinajstić information content (AvgIpc) is 3.25. The van der Waals surface area contributed by atoms with Gasteiger partial charge in [0.25, 0.3) is 0 Å². The maximum atomic E-state index is 13.3. The highest BCUT2D eigenvalue weighted by molar-refractivity contribution is 7.90. The fraction of sp³-hybridized carbons (Fsp3) is 0.0588. The van der Waals surface area contributed by atoms with E-state index in [9.17, 15) is 17.2 Å². The predicted molar refractivity (Wildman–Crippen MR) is 90.9 cm³/mol. The third-order valence-electron chi connectivity index (χ3n) is 3.96. The van der Waals surface area contributed by atoms with Gasteiger partial charge in [-0.25, -0.2) is 22.2 Å². The Hall–Kier alpha value is -3.07. The summed E-state index contributed by atoms with van der Waals surface area (Å²) < 4.78 is 51.4. The molecule has 0 bridgehead atoms. The van der Waals surface area contributed by atoms with E-state index in [-0.39, 0.29) is 10.5 Å². The van der Waals surface area contributed by atoms with Crippen molar-refractivity contribution >= 4 is 20.9 Å². The first kappa shape index (κ1) is 16.4. The van der Waals surface area contributed by atoms with Crippen molar-refractivity contribution in [1.82, 2.24) is 20.2 Å². The standard InChI is InChI=1S/C17H12F2N4O2S/c18-13-4-3-10(6-14(13)19)9-26(24,25)11-7-15(21-8-11)16-12-2-1-5-20-17(12)23-22-16/h1-8,21H,9H2,(H,20,22,23). The SMILES string of the molecule is O=S(=O)(Cc1ccc(F)c(F)c1)c1c[nH]c(-c2[nH]nc3ncccc23)c1. The normalized spacial score (nSPS) is 11.9. The number of aromatic nitrogens is 4. The molecule has 0 saturated carbocycles. The number of hydrogen-bond donors (Lipinski definition) is 2. The van der Waals surface area contributed by atoms with Gasteiger partial charge in [0.2, 0.25) is 0 Å². The van der Waals surface area contributed by atoms with Crippen molar-refractivity contribution in [2.24, 2.45) is 0 Å². The number of hydrogen-bond acceptors (Lipinski definition) is 4. The van der Waals surface area contributed by atoms with E-state index in [1.165, 1.54) is 18.3 Å². The highest BCUT2D eigenvalue weighted by atomic mass is 32.2.